The van der Waals surface area contributed by atoms with E-state index in [9.17, 15) is 4.79 Å². The largest absolute Gasteiger partial charge is 0.338 e. The molecular weight excluding hydrogens is 214 g/mol. The molecule has 3 unspecified atom stereocenters. The lowest BCUT2D eigenvalue weighted by Gasteiger charge is -2.39. The zero-order chi connectivity index (χ0) is 13.1. The maximum Gasteiger partial charge on any atom is 0.315 e. The molecule has 2 saturated heterocycles. The highest BCUT2D eigenvalue weighted by Crippen LogP contribution is 2.39. The third-order valence-corrected chi connectivity index (χ3v) is 4.33. The number of rotatable bonds is 1. The van der Waals surface area contributed by atoms with Gasteiger partial charge >= 0.3 is 6.03 Å². The standard InChI is InChI=1S/C11H21N3O.C2H6/c1-7(2)11(3)6-13-10(15)14-9-5-12-4-8(9)11;1-2/h7-9,12H,4-6H2,1-3H3,(H2,13,14,15);1-2H3. The molecule has 2 fully saturated rings. The molecule has 3 atom stereocenters. The Balaban J connectivity index is 0.000000686. The molecule has 4 nitrogen and oxygen atoms in total. The van der Waals surface area contributed by atoms with Gasteiger partial charge in [-0.25, -0.2) is 4.79 Å². The van der Waals surface area contributed by atoms with Crippen molar-refractivity contribution in [2.45, 2.75) is 40.7 Å². The van der Waals surface area contributed by atoms with Gasteiger partial charge in [-0.1, -0.05) is 34.6 Å². The molecule has 0 aromatic rings. The van der Waals surface area contributed by atoms with Crippen molar-refractivity contribution in [2.24, 2.45) is 17.3 Å². The summed E-state index contributed by atoms with van der Waals surface area (Å²) >= 11 is 0. The van der Waals surface area contributed by atoms with Gasteiger partial charge in [0.05, 0.1) is 0 Å². The predicted octanol–water partition coefficient (Wildman–Crippen LogP) is 1.58. The number of carbonyl (C=O) groups excluding carboxylic acids is 1. The first-order valence-corrected chi connectivity index (χ1v) is 6.79. The minimum atomic E-state index is -0.0157. The normalized spacial score (nSPS) is 36.2. The molecule has 2 heterocycles. The van der Waals surface area contributed by atoms with E-state index < -0.39 is 0 Å². The van der Waals surface area contributed by atoms with E-state index >= 15 is 0 Å². The molecule has 0 aliphatic carbocycles. The Labute approximate surface area is 105 Å². The summed E-state index contributed by atoms with van der Waals surface area (Å²) in [5, 5.41) is 9.39. The number of carbonyl (C=O) groups is 1. The van der Waals surface area contributed by atoms with E-state index in [1.165, 1.54) is 0 Å². The molecule has 0 aromatic carbocycles. The molecule has 0 saturated carbocycles. The molecule has 3 N–H and O–H groups in total. The summed E-state index contributed by atoms with van der Waals surface area (Å²) in [5.74, 6) is 1.11. The van der Waals surface area contributed by atoms with Crippen LogP contribution in [0.25, 0.3) is 0 Å². The molecule has 17 heavy (non-hydrogen) atoms. The number of urea groups is 1. The summed E-state index contributed by atoms with van der Waals surface area (Å²) in [7, 11) is 0. The Bertz CT molecular complexity index is 267. The van der Waals surface area contributed by atoms with Crippen molar-refractivity contribution in [1.29, 1.82) is 0 Å². The van der Waals surface area contributed by atoms with Gasteiger partial charge in [0, 0.05) is 31.6 Å². The molecule has 0 radical (unpaired) electrons. The van der Waals surface area contributed by atoms with E-state index in [4.69, 9.17) is 0 Å². The fraction of sp³-hybridized carbons (Fsp3) is 0.923. The van der Waals surface area contributed by atoms with Gasteiger partial charge in [0.25, 0.3) is 0 Å². The van der Waals surface area contributed by atoms with Crippen molar-refractivity contribution in [2.75, 3.05) is 19.6 Å². The van der Waals surface area contributed by atoms with Crippen molar-refractivity contribution in [3.63, 3.8) is 0 Å². The molecule has 100 valence electrons. The van der Waals surface area contributed by atoms with Gasteiger partial charge in [-0.05, 0) is 11.3 Å². The van der Waals surface area contributed by atoms with Gasteiger partial charge in [0.1, 0.15) is 0 Å². The second-order valence-corrected chi connectivity index (χ2v) is 5.36. The third-order valence-electron chi connectivity index (χ3n) is 4.33. The lowest BCUT2D eigenvalue weighted by molar-refractivity contribution is 0.122. The first-order valence-electron chi connectivity index (χ1n) is 6.79. The first-order chi connectivity index (χ1) is 8.04. The molecule has 2 aliphatic heterocycles. The van der Waals surface area contributed by atoms with Crippen LogP contribution in [-0.2, 0) is 0 Å². The van der Waals surface area contributed by atoms with Crippen LogP contribution in [0.2, 0.25) is 0 Å². The van der Waals surface area contributed by atoms with Crippen LogP contribution >= 0.6 is 0 Å². The molecule has 2 rings (SSSR count). The van der Waals surface area contributed by atoms with Crippen LogP contribution in [0.15, 0.2) is 0 Å². The van der Waals surface area contributed by atoms with E-state index in [1.54, 1.807) is 0 Å². The zero-order valence-electron chi connectivity index (χ0n) is 11.8. The minimum absolute atomic E-state index is 0.0157. The summed E-state index contributed by atoms with van der Waals surface area (Å²) < 4.78 is 0. The smallest absolute Gasteiger partial charge is 0.315 e. The number of nitrogens with one attached hydrogen (secondary N) is 3. The number of hydrogen-bond donors (Lipinski definition) is 3. The van der Waals surface area contributed by atoms with Gasteiger partial charge in [-0.15, -0.1) is 0 Å². The molecule has 0 aromatic heterocycles. The van der Waals surface area contributed by atoms with Crippen molar-refractivity contribution in [3.8, 4) is 0 Å². The summed E-state index contributed by atoms with van der Waals surface area (Å²) in [4.78, 5) is 11.5. The molecule has 0 spiro atoms. The highest BCUT2D eigenvalue weighted by Gasteiger charge is 2.46. The number of fused-ring (bicyclic) bond motifs is 1. The van der Waals surface area contributed by atoms with E-state index in [1.807, 2.05) is 13.8 Å². The van der Waals surface area contributed by atoms with E-state index in [0.717, 1.165) is 19.6 Å². The van der Waals surface area contributed by atoms with Crippen LogP contribution < -0.4 is 16.0 Å². The Morgan fingerprint density at radius 2 is 1.94 bits per heavy atom. The van der Waals surface area contributed by atoms with Gasteiger partial charge in [-0.2, -0.15) is 0 Å². The monoisotopic (exact) mass is 241 g/mol. The Hall–Kier alpha value is -0.770. The Morgan fingerprint density at radius 1 is 1.29 bits per heavy atom. The Kier molecular flexibility index (Phi) is 4.80. The van der Waals surface area contributed by atoms with Crippen LogP contribution in [0.4, 0.5) is 4.79 Å². The number of amides is 2. The van der Waals surface area contributed by atoms with Crippen LogP contribution in [0.3, 0.4) is 0 Å². The lowest BCUT2D eigenvalue weighted by Crippen LogP contribution is -2.45. The second kappa shape index (κ2) is 5.71. The molecule has 0 bridgehead atoms. The lowest BCUT2D eigenvalue weighted by atomic mass is 9.67. The zero-order valence-corrected chi connectivity index (χ0v) is 11.8. The summed E-state index contributed by atoms with van der Waals surface area (Å²) in [6, 6.07) is 0.276. The highest BCUT2D eigenvalue weighted by molar-refractivity contribution is 5.74. The number of hydrogen-bond acceptors (Lipinski definition) is 2. The van der Waals surface area contributed by atoms with Crippen molar-refractivity contribution in [1.82, 2.24) is 16.0 Å². The molecular formula is C13H27N3O. The van der Waals surface area contributed by atoms with Gasteiger partial charge < -0.3 is 16.0 Å². The van der Waals surface area contributed by atoms with E-state index in [-0.39, 0.29) is 11.4 Å². The fourth-order valence-electron chi connectivity index (χ4n) is 2.78. The first kappa shape index (κ1) is 14.3. The summed E-state index contributed by atoms with van der Waals surface area (Å²) in [6.07, 6.45) is 0. The molecule has 2 amide bonds. The molecule has 2 aliphatic rings. The Morgan fingerprint density at radius 3 is 2.53 bits per heavy atom. The summed E-state index contributed by atoms with van der Waals surface area (Å²) in [5.41, 5.74) is 0.188. The second-order valence-electron chi connectivity index (χ2n) is 5.36. The third kappa shape index (κ3) is 2.73. The average molecular weight is 241 g/mol. The van der Waals surface area contributed by atoms with Gasteiger partial charge in [-0.3, -0.25) is 0 Å². The van der Waals surface area contributed by atoms with Crippen LogP contribution in [0.1, 0.15) is 34.6 Å². The average Bonchev–Trinajstić information content (AvgIpc) is 2.72. The topological polar surface area (TPSA) is 53.2 Å². The highest BCUT2D eigenvalue weighted by atomic mass is 16.2. The van der Waals surface area contributed by atoms with Crippen LogP contribution in [0.5, 0.6) is 0 Å². The van der Waals surface area contributed by atoms with Gasteiger partial charge in [0.15, 0.2) is 0 Å². The quantitative estimate of drug-likeness (QED) is 0.653. The molecule has 4 heteroatoms. The maximum atomic E-state index is 11.5. The van der Waals surface area contributed by atoms with Crippen LogP contribution in [-0.4, -0.2) is 31.7 Å². The van der Waals surface area contributed by atoms with Crippen molar-refractivity contribution < 1.29 is 4.79 Å². The SMILES string of the molecule is CC.CC(C)C1(C)CNC(=O)NC2CNCC21. The van der Waals surface area contributed by atoms with Crippen molar-refractivity contribution in [3.05, 3.63) is 0 Å². The van der Waals surface area contributed by atoms with E-state index in [2.05, 4.69) is 36.7 Å². The summed E-state index contributed by atoms with van der Waals surface area (Å²) in [6.45, 7) is 13.5. The predicted molar refractivity (Wildman–Crippen MR) is 71.0 cm³/mol. The van der Waals surface area contributed by atoms with Crippen molar-refractivity contribution >= 4 is 6.03 Å². The van der Waals surface area contributed by atoms with E-state index in [0.29, 0.717) is 17.9 Å². The minimum Gasteiger partial charge on any atom is -0.338 e. The van der Waals surface area contributed by atoms with Crippen LogP contribution in [0, 0.1) is 17.3 Å². The van der Waals surface area contributed by atoms with Gasteiger partial charge in [0.2, 0.25) is 0 Å². The fourth-order valence-corrected chi connectivity index (χ4v) is 2.78. The maximum absolute atomic E-state index is 11.5.